The van der Waals surface area contributed by atoms with Crippen LogP contribution in [0.1, 0.15) is 22.9 Å². The Morgan fingerprint density at radius 2 is 2.00 bits per heavy atom. The quantitative estimate of drug-likeness (QED) is 0.879. The Balaban J connectivity index is 1.84. The Labute approximate surface area is 148 Å². The molecule has 1 amide bonds. The van der Waals surface area contributed by atoms with Crippen molar-refractivity contribution in [2.75, 3.05) is 20.2 Å². The van der Waals surface area contributed by atoms with Gasteiger partial charge >= 0.3 is 6.18 Å². The number of aromatic nitrogens is 2. The van der Waals surface area contributed by atoms with Gasteiger partial charge in [0.05, 0.1) is 11.3 Å². The lowest BCUT2D eigenvalue weighted by atomic mass is 10.0. The second-order valence-electron chi connectivity index (χ2n) is 6.02. The highest BCUT2D eigenvalue weighted by atomic mass is 19.4. The van der Waals surface area contributed by atoms with Crippen molar-refractivity contribution in [3.05, 3.63) is 53.3 Å². The number of hydrogen-bond acceptors (Lipinski definition) is 4. The van der Waals surface area contributed by atoms with Gasteiger partial charge in [-0.15, -0.1) is 0 Å². The van der Waals surface area contributed by atoms with Gasteiger partial charge in [0.25, 0.3) is 0 Å². The molecule has 0 bridgehead atoms. The number of carbonyl (C=O) groups excluding carboxylic acids is 1. The van der Waals surface area contributed by atoms with Crippen molar-refractivity contribution in [2.45, 2.75) is 25.5 Å². The van der Waals surface area contributed by atoms with E-state index in [-0.39, 0.29) is 12.6 Å². The van der Waals surface area contributed by atoms with Crippen molar-refractivity contribution in [1.82, 2.24) is 20.0 Å². The van der Waals surface area contributed by atoms with Crippen LogP contribution in [0, 0.1) is 0 Å². The first kappa shape index (κ1) is 18.4. The molecule has 0 saturated carbocycles. The number of methoxy groups -OCH3 is 1. The zero-order chi connectivity index (χ0) is 18.7. The maximum absolute atomic E-state index is 12.8. The van der Waals surface area contributed by atoms with E-state index in [0.717, 1.165) is 17.8 Å². The lowest BCUT2D eigenvalue weighted by Gasteiger charge is -2.35. The lowest BCUT2D eigenvalue weighted by Crippen LogP contribution is -2.49. The Bertz CT molecular complexity index is 758. The van der Waals surface area contributed by atoms with E-state index in [1.54, 1.807) is 18.0 Å². The van der Waals surface area contributed by atoms with Crippen LogP contribution < -0.4 is 5.32 Å². The first-order chi connectivity index (χ1) is 12.4. The molecule has 3 rings (SSSR count). The molecule has 6 nitrogen and oxygen atoms in total. The Kier molecular flexibility index (Phi) is 5.28. The van der Waals surface area contributed by atoms with Crippen LogP contribution in [0.25, 0.3) is 0 Å². The van der Waals surface area contributed by atoms with Gasteiger partial charge in [0, 0.05) is 32.9 Å². The SMILES string of the molecule is COCn1nccc1CN1CCNC(=O)C1c1ccc(C(F)(F)F)cc1. The number of amides is 1. The van der Waals surface area contributed by atoms with Crippen LogP contribution in [0.15, 0.2) is 36.5 Å². The monoisotopic (exact) mass is 368 g/mol. The topological polar surface area (TPSA) is 59.4 Å². The van der Waals surface area contributed by atoms with Crippen molar-refractivity contribution in [2.24, 2.45) is 0 Å². The molecule has 1 unspecified atom stereocenters. The molecule has 140 valence electrons. The number of carbonyl (C=O) groups is 1. The van der Waals surface area contributed by atoms with Gasteiger partial charge in [-0.25, -0.2) is 4.68 Å². The highest BCUT2D eigenvalue weighted by Crippen LogP contribution is 2.31. The van der Waals surface area contributed by atoms with E-state index < -0.39 is 17.8 Å². The molecule has 1 aliphatic heterocycles. The summed E-state index contributed by atoms with van der Waals surface area (Å²) >= 11 is 0. The maximum Gasteiger partial charge on any atom is 0.416 e. The fourth-order valence-electron chi connectivity index (χ4n) is 3.04. The van der Waals surface area contributed by atoms with Crippen molar-refractivity contribution in [3.63, 3.8) is 0 Å². The number of ether oxygens (including phenoxy) is 1. The van der Waals surface area contributed by atoms with Crippen LogP contribution in [-0.4, -0.2) is 40.8 Å². The maximum atomic E-state index is 12.8. The molecular weight excluding hydrogens is 349 g/mol. The third kappa shape index (κ3) is 3.88. The van der Waals surface area contributed by atoms with E-state index >= 15 is 0 Å². The number of nitrogens with one attached hydrogen (secondary N) is 1. The summed E-state index contributed by atoms with van der Waals surface area (Å²) in [4.78, 5) is 14.3. The number of rotatable bonds is 5. The predicted molar refractivity (Wildman–Crippen MR) is 86.8 cm³/mol. The van der Waals surface area contributed by atoms with E-state index in [0.29, 0.717) is 25.2 Å². The highest BCUT2D eigenvalue weighted by Gasteiger charge is 2.34. The summed E-state index contributed by atoms with van der Waals surface area (Å²) in [7, 11) is 1.56. The van der Waals surface area contributed by atoms with Crippen LogP contribution >= 0.6 is 0 Å². The van der Waals surface area contributed by atoms with E-state index in [1.807, 2.05) is 11.0 Å². The van der Waals surface area contributed by atoms with Gasteiger partial charge in [0.15, 0.2) is 0 Å². The fraction of sp³-hybridized carbons (Fsp3) is 0.412. The fourth-order valence-corrected chi connectivity index (χ4v) is 3.04. The van der Waals surface area contributed by atoms with Crippen molar-refractivity contribution in [3.8, 4) is 0 Å². The average molecular weight is 368 g/mol. The molecule has 0 radical (unpaired) electrons. The van der Waals surface area contributed by atoms with Crippen LogP contribution in [0.5, 0.6) is 0 Å². The molecule has 0 aliphatic carbocycles. The van der Waals surface area contributed by atoms with Gasteiger partial charge in [-0.1, -0.05) is 12.1 Å². The molecule has 26 heavy (non-hydrogen) atoms. The van der Waals surface area contributed by atoms with Crippen LogP contribution in [0.4, 0.5) is 13.2 Å². The van der Waals surface area contributed by atoms with Gasteiger partial charge < -0.3 is 10.1 Å². The number of halogens is 3. The molecule has 1 aromatic heterocycles. The average Bonchev–Trinajstić information content (AvgIpc) is 3.02. The third-order valence-corrected chi connectivity index (χ3v) is 4.29. The molecule has 1 saturated heterocycles. The van der Waals surface area contributed by atoms with Crippen molar-refractivity contribution in [1.29, 1.82) is 0 Å². The molecule has 1 fully saturated rings. The highest BCUT2D eigenvalue weighted by molar-refractivity contribution is 5.83. The summed E-state index contributed by atoms with van der Waals surface area (Å²) in [5.41, 5.74) is 0.647. The van der Waals surface area contributed by atoms with Crippen LogP contribution in [0.3, 0.4) is 0 Å². The summed E-state index contributed by atoms with van der Waals surface area (Å²) in [5, 5.41) is 6.94. The zero-order valence-electron chi connectivity index (χ0n) is 14.2. The second-order valence-corrected chi connectivity index (χ2v) is 6.02. The normalized spacial score (nSPS) is 18.8. The minimum Gasteiger partial charge on any atom is -0.362 e. The summed E-state index contributed by atoms with van der Waals surface area (Å²) in [6.07, 6.45) is -2.76. The van der Waals surface area contributed by atoms with Crippen molar-refractivity contribution >= 4 is 5.91 Å². The summed E-state index contributed by atoms with van der Waals surface area (Å²) < 4.78 is 45.1. The minimum atomic E-state index is -4.40. The molecule has 2 heterocycles. The van der Waals surface area contributed by atoms with Gasteiger partial charge in [-0.2, -0.15) is 18.3 Å². The summed E-state index contributed by atoms with van der Waals surface area (Å²) in [6, 6.07) is 5.90. The molecule has 2 aromatic rings. The van der Waals surface area contributed by atoms with Gasteiger partial charge in [0.1, 0.15) is 12.8 Å². The third-order valence-electron chi connectivity index (χ3n) is 4.29. The number of alkyl halides is 3. The smallest absolute Gasteiger partial charge is 0.362 e. The Hall–Kier alpha value is -2.39. The number of piperazine rings is 1. The lowest BCUT2D eigenvalue weighted by molar-refractivity contribution is -0.137. The second kappa shape index (κ2) is 7.46. The summed E-state index contributed by atoms with van der Waals surface area (Å²) in [5.74, 6) is -0.228. The number of benzene rings is 1. The molecule has 1 N–H and O–H groups in total. The largest absolute Gasteiger partial charge is 0.416 e. The van der Waals surface area contributed by atoms with Crippen LogP contribution in [-0.2, 0) is 29.0 Å². The number of nitrogens with zero attached hydrogens (tertiary/aromatic N) is 3. The van der Waals surface area contributed by atoms with Gasteiger partial charge in [-0.3, -0.25) is 9.69 Å². The van der Waals surface area contributed by atoms with E-state index in [4.69, 9.17) is 4.74 Å². The first-order valence-corrected chi connectivity index (χ1v) is 8.08. The van der Waals surface area contributed by atoms with Gasteiger partial charge in [0.2, 0.25) is 5.91 Å². The van der Waals surface area contributed by atoms with E-state index in [1.165, 1.54) is 12.1 Å². The van der Waals surface area contributed by atoms with Crippen molar-refractivity contribution < 1.29 is 22.7 Å². The number of hydrogen-bond donors (Lipinski definition) is 1. The van der Waals surface area contributed by atoms with E-state index in [9.17, 15) is 18.0 Å². The minimum absolute atomic E-state index is 0.228. The first-order valence-electron chi connectivity index (χ1n) is 8.08. The Morgan fingerprint density at radius 1 is 1.27 bits per heavy atom. The molecule has 1 aliphatic rings. The zero-order valence-corrected chi connectivity index (χ0v) is 14.2. The molecule has 0 spiro atoms. The molecule has 1 aromatic carbocycles. The van der Waals surface area contributed by atoms with E-state index in [2.05, 4.69) is 10.4 Å². The summed E-state index contributed by atoms with van der Waals surface area (Å²) in [6.45, 7) is 1.78. The molecular formula is C17H19F3N4O2. The van der Waals surface area contributed by atoms with Gasteiger partial charge in [-0.05, 0) is 23.8 Å². The Morgan fingerprint density at radius 3 is 2.65 bits per heavy atom. The predicted octanol–water partition coefficient (Wildman–Crippen LogP) is 2.18. The molecule has 9 heteroatoms. The van der Waals surface area contributed by atoms with Crippen LogP contribution in [0.2, 0.25) is 0 Å². The standard InChI is InChI=1S/C17H19F3N4O2/c1-26-11-24-14(6-7-22-24)10-23-9-8-21-16(25)15(23)12-2-4-13(5-3-12)17(18,19)20/h2-7,15H,8-11H2,1H3,(H,21,25). The molecule has 1 atom stereocenters.